The third-order valence-corrected chi connectivity index (χ3v) is 5.50. The van der Waals surface area contributed by atoms with E-state index in [4.69, 9.17) is 0 Å². The molecule has 1 N–H and O–H groups in total. The van der Waals surface area contributed by atoms with Gasteiger partial charge in [-0.15, -0.1) is 0 Å². The van der Waals surface area contributed by atoms with Crippen molar-refractivity contribution < 1.29 is 14.4 Å². The van der Waals surface area contributed by atoms with Crippen molar-refractivity contribution in [2.24, 2.45) is 11.8 Å². The van der Waals surface area contributed by atoms with Crippen LogP contribution < -0.4 is 5.32 Å². The summed E-state index contributed by atoms with van der Waals surface area (Å²) in [5, 5.41) is 2.87. The van der Waals surface area contributed by atoms with Crippen molar-refractivity contribution in [3.63, 3.8) is 0 Å². The van der Waals surface area contributed by atoms with Gasteiger partial charge in [-0.3, -0.25) is 19.3 Å². The van der Waals surface area contributed by atoms with Crippen molar-refractivity contribution in [2.75, 3.05) is 52.4 Å². The van der Waals surface area contributed by atoms with E-state index in [-0.39, 0.29) is 23.6 Å². The second-order valence-corrected chi connectivity index (χ2v) is 7.44. The molecule has 0 aromatic carbocycles. The Labute approximate surface area is 157 Å². The Hall–Kier alpha value is -1.63. The van der Waals surface area contributed by atoms with E-state index in [1.807, 2.05) is 23.6 Å². The van der Waals surface area contributed by atoms with E-state index >= 15 is 0 Å². The summed E-state index contributed by atoms with van der Waals surface area (Å²) < 4.78 is 0. The van der Waals surface area contributed by atoms with E-state index in [2.05, 4.69) is 17.1 Å². The number of nitrogens with zero attached hydrogens (tertiary/aromatic N) is 3. The summed E-state index contributed by atoms with van der Waals surface area (Å²) in [7, 11) is 0. The molecule has 2 fully saturated rings. The van der Waals surface area contributed by atoms with Crippen LogP contribution in [-0.4, -0.2) is 84.8 Å². The van der Waals surface area contributed by atoms with Crippen LogP contribution in [-0.2, 0) is 14.4 Å². The smallest absolute Gasteiger partial charge is 0.236 e. The molecule has 2 rings (SSSR count). The number of likely N-dealkylation sites (N-methyl/N-ethyl adjacent to an activating group) is 1. The Bertz CT molecular complexity index is 507. The highest BCUT2D eigenvalue weighted by molar-refractivity contribution is 5.82. The molecule has 0 spiro atoms. The highest BCUT2D eigenvalue weighted by atomic mass is 16.2. The van der Waals surface area contributed by atoms with Gasteiger partial charge in [-0.25, -0.2) is 0 Å². The van der Waals surface area contributed by atoms with Crippen LogP contribution in [0.25, 0.3) is 0 Å². The van der Waals surface area contributed by atoms with E-state index in [0.717, 1.165) is 45.6 Å². The molecule has 3 amide bonds. The van der Waals surface area contributed by atoms with E-state index < -0.39 is 0 Å². The van der Waals surface area contributed by atoms with Crippen molar-refractivity contribution in [1.82, 2.24) is 20.0 Å². The van der Waals surface area contributed by atoms with E-state index in [1.165, 1.54) is 0 Å². The lowest BCUT2D eigenvalue weighted by Crippen LogP contribution is -2.42. The molecule has 1 saturated heterocycles. The highest BCUT2D eigenvalue weighted by Crippen LogP contribution is 2.37. The normalized spacial score (nSPS) is 23.3. The quantitative estimate of drug-likeness (QED) is 0.681. The van der Waals surface area contributed by atoms with Gasteiger partial charge in [-0.2, -0.15) is 0 Å². The molecule has 2 unspecified atom stereocenters. The van der Waals surface area contributed by atoms with Crippen molar-refractivity contribution >= 4 is 17.7 Å². The molecule has 7 nitrogen and oxygen atoms in total. The minimum Gasteiger partial charge on any atom is -0.355 e. The topological polar surface area (TPSA) is 73.0 Å². The molecule has 0 aromatic rings. The van der Waals surface area contributed by atoms with Gasteiger partial charge in [0.2, 0.25) is 17.7 Å². The highest BCUT2D eigenvalue weighted by Gasteiger charge is 2.38. The number of rotatable bonds is 8. The fraction of sp³-hybridized carbons (Fsp3) is 0.842. The first-order valence-electron chi connectivity index (χ1n) is 10.0. The molecule has 0 aromatic heterocycles. The Morgan fingerprint density at radius 2 is 1.77 bits per heavy atom. The SMILES string of the molecule is CCN(CC)C(=O)CN1CCCN(C(=O)CCNC(=O)C2CC2C)CC1. The Kier molecular flexibility index (Phi) is 7.87. The largest absolute Gasteiger partial charge is 0.355 e. The Morgan fingerprint density at radius 3 is 2.38 bits per heavy atom. The molecule has 1 aliphatic heterocycles. The third-order valence-electron chi connectivity index (χ3n) is 5.50. The maximum Gasteiger partial charge on any atom is 0.236 e. The van der Waals surface area contributed by atoms with Gasteiger partial charge < -0.3 is 15.1 Å². The van der Waals surface area contributed by atoms with Crippen LogP contribution in [0.15, 0.2) is 0 Å². The standard InChI is InChI=1S/C19H34N4O3/c1-4-22(5-2)18(25)14-21-9-6-10-23(12-11-21)17(24)7-8-20-19(26)16-13-15(16)3/h15-16H,4-14H2,1-3H3,(H,20,26). The van der Waals surface area contributed by atoms with Gasteiger partial charge >= 0.3 is 0 Å². The maximum atomic E-state index is 12.4. The minimum atomic E-state index is 0.0854. The van der Waals surface area contributed by atoms with Gasteiger partial charge in [-0.05, 0) is 32.6 Å². The van der Waals surface area contributed by atoms with E-state index in [9.17, 15) is 14.4 Å². The summed E-state index contributed by atoms with van der Waals surface area (Å²) in [4.78, 5) is 42.3. The molecule has 26 heavy (non-hydrogen) atoms. The fourth-order valence-electron chi connectivity index (χ4n) is 3.52. The molecule has 1 heterocycles. The lowest BCUT2D eigenvalue weighted by Gasteiger charge is -2.25. The van der Waals surface area contributed by atoms with Crippen LogP contribution in [0.5, 0.6) is 0 Å². The number of hydrogen-bond acceptors (Lipinski definition) is 4. The van der Waals surface area contributed by atoms with Crippen LogP contribution in [0.3, 0.4) is 0 Å². The molecule has 7 heteroatoms. The van der Waals surface area contributed by atoms with Gasteiger partial charge in [0, 0.05) is 58.2 Å². The maximum absolute atomic E-state index is 12.4. The predicted octanol–water partition coefficient (Wildman–Crippen LogP) is 0.551. The van der Waals surface area contributed by atoms with Crippen LogP contribution in [0, 0.1) is 11.8 Å². The lowest BCUT2D eigenvalue weighted by atomic mass is 10.3. The Balaban J connectivity index is 1.69. The number of carbonyl (C=O) groups is 3. The summed E-state index contributed by atoms with van der Waals surface area (Å²) in [5.74, 6) is 0.974. The number of amides is 3. The first-order chi connectivity index (χ1) is 12.5. The van der Waals surface area contributed by atoms with Gasteiger partial charge in [0.1, 0.15) is 0 Å². The van der Waals surface area contributed by atoms with Gasteiger partial charge in [0.05, 0.1) is 6.54 Å². The third kappa shape index (κ3) is 5.97. The number of nitrogens with one attached hydrogen (secondary N) is 1. The molecular weight excluding hydrogens is 332 g/mol. The summed E-state index contributed by atoms with van der Waals surface area (Å²) in [5.41, 5.74) is 0. The fourth-order valence-corrected chi connectivity index (χ4v) is 3.52. The average molecular weight is 367 g/mol. The molecular formula is C19H34N4O3. The number of carbonyl (C=O) groups excluding carboxylic acids is 3. The number of hydrogen-bond donors (Lipinski definition) is 1. The summed E-state index contributed by atoms with van der Waals surface area (Å²) in [6.07, 6.45) is 2.20. The Morgan fingerprint density at radius 1 is 1.08 bits per heavy atom. The van der Waals surface area contributed by atoms with Crippen molar-refractivity contribution in [1.29, 1.82) is 0 Å². The van der Waals surface area contributed by atoms with Crippen molar-refractivity contribution in [3.8, 4) is 0 Å². The summed E-state index contributed by atoms with van der Waals surface area (Å²) in [6.45, 7) is 11.3. The van der Waals surface area contributed by atoms with Crippen molar-refractivity contribution in [3.05, 3.63) is 0 Å². The van der Waals surface area contributed by atoms with E-state index in [1.54, 1.807) is 0 Å². The lowest BCUT2D eigenvalue weighted by molar-refractivity contribution is -0.132. The predicted molar refractivity (Wildman–Crippen MR) is 100 cm³/mol. The monoisotopic (exact) mass is 366 g/mol. The minimum absolute atomic E-state index is 0.0854. The van der Waals surface area contributed by atoms with Gasteiger partial charge in [0.25, 0.3) is 0 Å². The van der Waals surface area contributed by atoms with Gasteiger partial charge in [-0.1, -0.05) is 6.92 Å². The first-order valence-corrected chi connectivity index (χ1v) is 10.0. The molecule has 2 aliphatic rings. The van der Waals surface area contributed by atoms with Crippen LogP contribution in [0.2, 0.25) is 0 Å². The molecule has 1 saturated carbocycles. The van der Waals surface area contributed by atoms with Crippen LogP contribution in [0.4, 0.5) is 0 Å². The van der Waals surface area contributed by atoms with Crippen LogP contribution in [0.1, 0.15) is 40.0 Å². The molecule has 0 radical (unpaired) electrons. The molecule has 148 valence electrons. The second-order valence-electron chi connectivity index (χ2n) is 7.44. The second kappa shape index (κ2) is 9.90. The molecule has 2 atom stereocenters. The summed E-state index contributed by atoms with van der Waals surface area (Å²) >= 11 is 0. The molecule has 1 aliphatic carbocycles. The average Bonchev–Trinajstić information content (AvgIpc) is 3.38. The summed E-state index contributed by atoms with van der Waals surface area (Å²) in [6, 6.07) is 0. The zero-order valence-electron chi connectivity index (χ0n) is 16.5. The van der Waals surface area contributed by atoms with Crippen LogP contribution >= 0.6 is 0 Å². The van der Waals surface area contributed by atoms with E-state index in [0.29, 0.717) is 32.0 Å². The first kappa shape index (κ1) is 20.7. The zero-order chi connectivity index (χ0) is 19.1. The zero-order valence-corrected chi connectivity index (χ0v) is 16.5. The molecule has 0 bridgehead atoms. The van der Waals surface area contributed by atoms with Crippen molar-refractivity contribution in [2.45, 2.75) is 40.0 Å². The van der Waals surface area contributed by atoms with Gasteiger partial charge in [0.15, 0.2) is 0 Å².